The van der Waals surface area contributed by atoms with Crippen molar-refractivity contribution < 1.29 is 18.6 Å². The van der Waals surface area contributed by atoms with E-state index in [1.54, 1.807) is 12.3 Å². The number of halogens is 1. The van der Waals surface area contributed by atoms with Crippen LogP contribution < -0.4 is 4.74 Å². The zero-order chi connectivity index (χ0) is 26.8. The average molecular weight is 528 g/mol. The van der Waals surface area contributed by atoms with Crippen molar-refractivity contribution in [3.05, 3.63) is 47.9 Å². The number of hydrogen-bond donors (Lipinski definition) is 0. The molecule has 1 aliphatic heterocycles. The minimum Gasteiger partial charge on any atom is -0.493 e. The van der Waals surface area contributed by atoms with E-state index >= 15 is 0 Å². The molecule has 1 aromatic carbocycles. The molecular formula is C33H50FNO3. The van der Waals surface area contributed by atoms with Gasteiger partial charge in [0.25, 0.3) is 0 Å². The monoisotopic (exact) mass is 527 g/mol. The van der Waals surface area contributed by atoms with Gasteiger partial charge in [-0.05, 0) is 31.0 Å². The molecule has 0 aliphatic carbocycles. The molecule has 3 rings (SSSR count). The molecule has 0 saturated carbocycles. The fourth-order valence-electron chi connectivity index (χ4n) is 5.04. The Morgan fingerprint density at radius 1 is 0.789 bits per heavy atom. The van der Waals surface area contributed by atoms with Crippen LogP contribution in [0.2, 0.25) is 0 Å². The van der Waals surface area contributed by atoms with Gasteiger partial charge < -0.3 is 14.2 Å². The summed E-state index contributed by atoms with van der Waals surface area (Å²) >= 11 is 0. The Bertz CT molecular complexity index is 880. The van der Waals surface area contributed by atoms with Crippen LogP contribution in [0.25, 0.3) is 11.3 Å². The Morgan fingerprint density at radius 2 is 1.42 bits per heavy atom. The van der Waals surface area contributed by atoms with E-state index in [1.807, 2.05) is 18.2 Å². The van der Waals surface area contributed by atoms with Gasteiger partial charge in [0.1, 0.15) is 11.6 Å². The molecule has 2 aromatic rings. The largest absolute Gasteiger partial charge is 0.493 e. The highest BCUT2D eigenvalue weighted by Gasteiger charge is 2.23. The van der Waals surface area contributed by atoms with Gasteiger partial charge in [0.15, 0.2) is 6.29 Å². The molecule has 2 heterocycles. The molecule has 1 saturated heterocycles. The molecule has 38 heavy (non-hydrogen) atoms. The third-order valence-electron chi connectivity index (χ3n) is 7.47. The summed E-state index contributed by atoms with van der Waals surface area (Å²) in [5.41, 5.74) is 1.94. The Balaban J connectivity index is 1.36. The van der Waals surface area contributed by atoms with E-state index in [-0.39, 0.29) is 5.82 Å². The Morgan fingerprint density at radius 3 is 2.03 bits per heavy atom. The van der Waals surface area contributed by atoms with Crippen LogP contribution >= 0.6 is 0 Å². The number of benzene rings is 1. The second-order valence-electron chi connectivity index (χ2n) is 10.9. The van der Waals surface area contributed by atoms with Crippen LogP contribution in [0.4, 0.5) is 4.39 Å². The van der Waals surface area contributed by atoms with Gasteiger partial charge >= 0.3 is 0 Å². The summed E-state index contributed by atoms with van der Waals surface area (Å²) in [7, 11) is 0. The third-order valence-corrected chi connectivity index (χ3v) is 7.47. The maximum absolute atomic E-state index is 14.8. The topological polar surface area (TPSA) is 40.6 Å². The molecule has 1 aromatic heterocycles. The fourth-order valence-corrected chi connectivity index (χ4v) is 5.04. The summed E-state index contributed by atoms with van der Waals surface area (Å²) in [5.74, 6) is 0.719. The van der Waals surface area contributed by atoms with Gasteiger partial charge in [-0.2, -0.15) is 0 Å². The van der Waals surface area contributed by atoms with Crippen LogP contribution in [0.3, 0.4) is 0 Å². The number of aromatic nitrogens is 1. The number of unbranched alkanes of at least 4 members (excludes halogenated alkanes) is 12. The summed E-state index contributed by atoms with van der Waals surface area (Å²) in [6.07, 6.45) is 20.4. The van der Waals surface area contributed by atoms with E-state index in [0.717, 1.165) is 38.0 Å². The van der Waals surface area contributed by atoms with E-state index in [0.29, 0.717) is 29.5 Å². The summed E-state index contributed by atoms with van der Waals surface area (Å²) in [4.78, 5) is 4.50. The van der Waals surface area contributed by atoms with Crippen molar-refractivity contribution in [2.75, 3.05) is 19.8 Å². The van der Waals surface area contributed by atoms with Crippen molar-refractivity contribution in [3.8, 4) is 17.0 Å². The van der Waals surface area contributed by atoms with E-state index in [1.165, 1.54) is 83.1 Å². The Labute approximate surface area is 230 Å². The summed E-state index contributed by atoms with van der Waals surface area (Å²) in [5, 5.41) is 0. The zero-order valence-electron chi connectivity index (χ0n) is 23.9. The molecule has 0 bridgehead atoms. The smallest absolute Gasteiger partial charge is 0.185 e. The molecule has 0 unspecified atom stereocenters. The lowest BCUT2D eigenvalue weighted by molar-refractivity contribution is -0.206. The first kappa shape index (κ1) is 30.6. The molecule has 0 N–H and O–H groups in total. The van der Waals surface area contributed by atoms with Gasteiger partial charge in [-0.25, -0.2) is 4.39 Å². The van der Waals surface area contributed by atoms with E-state index in [9.17, 15) is 4.39 Å². The number of ether oxygens (including phenoxy) is 3. The number of rotatable bonds is 19. The van der Waals surface area contributed by atoms with E-state index in [2.05, 4.69) is 18.8 Å². The second kappa shape index (κ2) is 18.3. The number of nitrogens with zero attached hydrogens (tertiary/aromatic N) is 1. The van der Waals surface area contributed by atoms with Gasteiger partial charge in [0.05, 0.1) is 25.5 Å². The number of pyridine rings is 1. The molecule has 0 spiro atoms. The van der Waals surface area contributed by atoms with Crippen LogP contribution in [0, 0.1) is 11.7 Å². The highest BCUT2D eigenvalue weighted by Crippen LogP contribution is 2.30. The highest BCUT2D eigenvalue weighted by atomic mass is 19.1. The van der Waals surface area contributed by atoms with E-state index < -0.39 is 6.29 Å². The van der Waals surface area contributed by atoms with Crippen LogP contribution in [0.1, 0.15) is 122 Å². The van der Waals surface area contributed by atoms with E-state index in [4.69, 9.17) is 14.2 Å². The van der Waals surface area contributed by atoms with Gasteiger partial charge in [-0.15, -0.1) is 0 Å². The normalized spacial score (nSPS) is 17.6. The zero-order valence-corrected chi connectivity index (χ0v) is 23.9. The lowest BCUT2D eigenvalue weighted by atomic mass is 10.0. The highest BCUT2D eigenvalue weighted by molar-refractivity contribution is 5.61. The van der Waals surface area contributed by atoms with Gasteiger partial charge in [0.2, 0.25) is 0 Å². The molecule has 1 aliphatic rings. The standard InChI is InChI=1S/C33H50FNO3/c1-3-5-7-9-11-12-13-15-17-27-25-37-33(38-26-27)28-18-21-32(35-24-28)30-20-19-29(23-31(30)34)36-22-16-14-10-8-6-4-2/h18-21,23-24,27,33H,3-17,22,25-26H2,1-2H3. The summed E-state index contributed by atoms with van der Waals surface area (Å²) in [6, 6.07) is 8.79. The fraction of sp³-hybridized carbons (Fsp3) is 0.667. The lowest BCUT2D eigenvalue weighted by Gasteiger charge is -2.29. The molecule has 4 nitrogen and oxygen atoms in total. The first-order valence-corrected chi connectivity index (χ1v) is 15.3. The third kappa shape index (κ3) is 11.0. The predicted octanol–water partition coefficient (Wildman–Crippen LogP) is 9.82. The van der Waals surface area contributed by atoms with Crippen LogP contribution in [0.5, 0.6) is 5.75 Å². The van der Waals surface area contributed by atoms with Crippen molar-refractivity contribution in [1.82, 2.24) is 4.98 Å². The molecule has 1 fully saturated rings. The molecule has 5 heteroatoms. The van der Waals surface area contributed by atoms with Crippen molar-refractivity contribution in [2.45, 2.75) is 116 Å². The average Bonchev–Trinajstić information content (AvgIpc) is 2.94. The minimum atomic E-state index is -0.394. The lowest BCUT2D eigenvalue weighted by Crippen LogP contribution is -2.27. The molecule has 212 valence electrons. The summed E-state index contributed by atoms with van der Waals surface area (Å²) in [6.45, 7) is 6.55. The quantitative estimate of drug-likeness (QED) is 0.170. The molecular weight excluding hydrogens is 477 g/mol. The first-order valence-electron chi connectivity index (χ1n) is 15.3. The maximum Gasteiger partial charge on any atom is 0.185 e. The van der Waals surface area contributed by atoms with Gasteiger partial charge in [-0.3, -0.25) is 4.98 Å². The Kier molecular flexibility index (Phi) is 14.7. The number of hydrogen-bond acceptors (Lipinski definition) is 4. The SMILES string of the molecule is CCCCCCCCCCC1COC(c2ccc(-c3ccc(OCCCCCCCC)cc3F)nc2)OC1. The second-order valence-corrected chi connectivity index (χ2v) is 10.9. The first-order chi connectivity index (χ1) is 18.7. The molecule has 0 amide bonds. The predicted molar refractivity (Wildman–Crippen MR) is 154 cm³/mol. The van der Waals surface area contributed by atoms with Crippen LogP contribution in [0.15, 0.2) is 36.5 Å². The minimum absolute atomic E-state index is 0.320. The van der Waals surface area contributed by atoms with Crippen molar-refractivity contribution in [3.63, 3.8) is 0 Å². The molecule has 0 radical (unpaired) electrons. The van der Waals surface area contributed by atoms with Crippen molar-refractivity contribution in [2.24, 2.45) is 5.92 Å². The van der Waals surface area contributed by atoms with Crippen molar-refractivity contribution in [1.29, 1.82) is 0 Å². The maximum atomic E-state index is 14.8. The van der Waals surface area contributed by atoms with Crippen LogP contribution in [-0.2, 0) is 9.47 Å². The summed E-state index contributed by atoms with van der Waals surface area (Å²) < 4.78 is 32.6. The van der Waals surface area contributed by atoms with Gasteiger partial charge in [-0.1, -0.05) is 103 Å². The Hall–Kier alpha value is -1.98. The van der Waals surface area contributed by atoms with Crippen LogP contribution in [-0.4, -0.2) is 24.8 Å². The van der Waals surface area contributed by atoms with Gasteiger partial charge in [0, 0.05) is 29.3 Å². The molecule has 0 atom stereocenters. The van der Waals surface area contributed by atoms with Crippen molar-refractivity contribution >= 4 is 0 Å².